The molecule has 0 aromatic rings. The zero-order valence-corrected chi connectivity index (χ0v) is 26.9. The molecule has 0 aromatic heterocycles. The summed E-state index contributed by atoms with van der Waals surface area (Å²) in [5.74, 6) is -3.44. The maximum atomic E-state index is 13.5. The number of Topliss-reactive ketones (excluding diaryl/α,β-unsaturated/α-hetero) is 4. The van der Waals surface area contributed by atoms with Gasteiger partial charge in [0.1, 0.15) is 0 Å². The minimum absolute atomic E-state index is 0.0235. The first-order chi connectivity index (χ1) is 20.2. The molecule has 1 saturated carbocycles. The summed E-state index contributed by atoms with van der Waals surface area (Å²) in [5, 5.41) is 30.5. The van der Waals surface area contributed by atoms with Gasteiger partial charge in [0.25, 0.3) is 0 Å². The lowest BCUT2D eigenvalue weighted by molar-refractivity contribution is -0.185. The standard InChI is InChI=1S/C35H62O7/c1-3-5-7-9-11-13-15-17-19-21-23-25-29(37)34(27-31(39)35(42,28-36)33(41)32(34)40)30(38)26-24-22-20-18-16-14-12-10-8-6-4-2/h33,36,41-42H,3-28H2,1-2H3. The van der Waals surface area contributed by atoms with E-state index >= 15 is 0 Å². The summed E-state index contributed by atoms with van der Waals surface area (Å²) in [6, 6.07) is 0. The Kier molecular flexibility index (Phi) is 20.3. The number of ketones is 4. The Bertz CT molecular complexity index is 754. The molecule has 0 saturated heterocycles. The van der Waals surface area contributed by atoms with Gasteiger partial charge in [0.2, 0.25) is 0 Å². The van der Waals surface area contributed by atoms with Crippen molar-refractivity contribution in [3.63, 3.8) is 0 Å². The fourth-order valence-corrected chi connectivity index (χ4v) is 6.21. The molecule has 244 valence electrons. The van der Waals surface area contributed by atoms with Crippen molar-refractivity contribution in [3.05, 3.63) is 0 Å². The summed E-state index contributed by atoms with van der Waals surface area (Å²) in [6.07, 6.45) is 21.0. The maximum Gasteiger partial charge on any atom is 0.186 e. The zero-order chi connectivity index (χ0) is 31.3. The number of aliphatic hydroxyl groups is 3. The fraction of sp³-hybridized carbons (Fsp3) is 0.886. The Morgan fingerprint density at radius 3 is 1.24 bits per heavy atom. The lowest BCUT2D eigenvalue weighted by atomic mass is 9.60. The van der Waals surface area contributed by atoms with E-state index in [1.165, 1.54) is 77.0 Å². The number of hydrogen-bond acceptors (Lipinski definition) is 7. The van der Waals surface area contributed by atoms with Crippen molar-refractivity contribution in [2.75, 3.05) is 6.61 Å². The molecular weight excluding hydrogens is 532 g/mol. The lowest BCUT2D eigenvalue weighted by Crippen LogP contribution is -2.68. The van der Waals surface area contributed by atoms with Gasteiger partial charge in [-0.3, -0.25) is 19.2 Å². The molecule has 1 aliphatic rings. The third-order valence-corrected chi connectivity index (χ3v) is 9.24. The van der Waals surface area contributed by atoms with Gasteiger partial charge in [-0.15, -0.1) is 0 Å². The summed E-state index contributed by atoms with van der Waals surface area (Å²) in [5.41, 5.74) is -4.93. The third-order valence-electron chi connectivity index (χ3n) is 9.24. The SMILES string of the molecule is CCCCCCCCCCCCCC(=O)C1(C(=O)CCCCCCCCCCCCC)CC(=O)C(O)(CO)C(O)C1=O. The van der Waals surface area contributed by atoms with Crippen LogP contribution >= 0.6 is 0 Å². The van der Waals surface area contributed by atoms with E-state index in [0.29, 0.717) is 12.8 Å². The van der Waals surface area contributed by atoms with Crippen molar-refractivity contribution in [2.45, 2.75) is 186 Å². The Morgan fingerprint density at radius 2 is 0.929 bits per heavy atom. The highest BCUT2D eigenvalue weighted by Crippen LogP contribution is 2.40. The molecule has 0 aromatic carbocycles. The number of rotatable bonds is 27. The fourth-order valence-electron chi connectivity index (χ4n) is 6.21. The molecule has 1 aliphatic carbocycles. The van der Waals surface area contributed by atoms with Crippen LogP contribution in [0.1, 0.15) is 174 Å². The van der Waals surface area contributed by atoms with Gasteiger partial charge in [0.05, 0.1) is 6.61 Å². The van der Waals surface area contributed by atoms with E-state index in [9.17, 15) is 34.5 Å². The molecular formula is C35H62O7. The van der Waals surface area contributed by atoms with Crippen LogP contribution in [-0.2, 0) is 19.2 Å². The second-order valence-corrected chi connectivity index (χ2v) is 12.8. The number of carbonyl (C=O) groups excluding carboxylic acids is 4. The first kappa shape index (κ1) is 38.6. The highest BCUT2D eigenvalue weighted by molar-refractivity contribution is 6.30. The average Bonchev–Trinajstić information content (AvgIpc) is 2.99. The van der Waals surface area contributed by atoms with E-state index in [4.69, 9.17) is 0 Å². The Morgan fingerprint density at radius 1 is 0.619 bits per heavy atom. The summed E-state index contributed by atoms with van der Waals surface area (Å²) < 4.78 is 0. The maximum absolute atomic E-state index is 13.5. The summed E-state index contributed by atoms with van der Waals surface area (Å²) >= 11 is 0. The molecule has 3 N–H and O–H groups in total. The van der Waals surface area contributed by atoms with Gasteiger partial charge < -0.3 is 15.3 Å². The summed E-state index contributed by atoms with van der Waals surface area (Å²) in [6.45, 7) is 3.27. The largest absolute Gasteiger partial charge is 0.393 e. The molecule has 0 aliphatic heterocycles. The van der Waals surface area contributed by atoms with E-state index in [2.05, 4.69) is 13.8 Å². The van der Waals surface area contributed by atoms with E-state index < -0.39 is 53.3 Å². The van der Waals surface area contributed by atoms with Gasteiger partial charge in [0, 0.05) is 19.3 Å². The van der Waals surface area contributed by atoms with Gasteiger partial charge in [-0.1, -0.05) is 142 Å². The highest BCUT2D eigenvalue weighted by Gasteiger charge is 2.64. The van der Waals surface area contributed by atoms with Crippen LogP contribution in [0.4, 0.5) is 0 Å². The van der Waals surface area contributed by atoms with Gasteiger partial charge in [-0.25, -0.2) is 0 Å². The van der Waals surface area contributed by atoms with Crippen LogP contribution in [-0.4, -0.2) is 56.8 Å². The van der Waals surface area contributed by atoms with Crippen LogP contribution in [0.2, 0.25) is 0 Å². The molecule has 42 heavy (non-hydrogen) atoms. The Hall–Kier alpha value is -1.44. The number of unbranched alkanes of at least 4 members (excludes halogenated alkanes) is 20. The van der Waals surface area contributed by atoms with Crippen LogP contribution < -0.4 is 0 Å². The van der Waals surface area contributed by atoms with E-state index in [1.807, 2.05) is 0 Å². The minimum atomic E-state index is -2.67. The smallest absolute Gasteiger partial charge is 0.186 e. The molecule has 7 heteroatoms. The molecule has 2 atom stereocenters. The van der Waals surface area contributed by atoms with Crippen LogP contribution in [0.3, 0.4) is 0 Å². The van der Waals surface area contributed by atoms with Crippen LogP contribution in [0.5, 0.6) is 0 Å². The molecule has 0 heterocycles. The average molecular weight is 595 g/mol. The molecule has 0 spiro atoms. The van der Waals surface area contributed by atoms with Crippen molar-refractivity contribution < 1.29 is 34.5 Å². The summed E-state index contributed by atoms with van der Waals surface area (Å²) in [7, 11) is 0. The minimum Gasteiger partial charge on any atom is -0.393 e. The van der Waals surface area contributed by atoms with Gasteiger partial charge in [0.15, 0.2) is 40.3 Å². The quantitative estimate of drug-likeness (QED) is 0.0681. The zero-order valence-electron chi connectivity index (χ0n) is 26.9. The molecule has 1 fully saturated rings. The third kappa shape index (κ3) is 12.3. The topological polar surface area (TPSA) is 129 Å². The Labute approximate surface area is 255 Å². The first-order valence-corrected chi connectivity index (χ1v) is 17.4. The molecule has 2 unspecified atom stereocenters. The van der Waals surface area contributed by atoms with E-state index in [1.54, 1.807) is 0 Å². The van der Waals surface area contributed by atoms with Gasteiger partial charge in [-0.05, 0) is 12.8 Å². The van der Waals surface area contributed by atoms with Crippen molar-refractivity contribution in [2.24, 2.45) is 5.41 Å². The van der Waals surface area contributed by atoms with Crippen LogP contribution in [0, 0.1) is 5.41 Å². The van der Waals surface area contributed by atoms with Gasteiger partial charge in [-0.2, -0.15) is 0 Å². The van der Waals surface area contributed by atoms with Gasteiger partial charge >= 0.3 is 0 Å². The normalized spacial score (nSPS) is 20.3. The first-order valence-electron chi connectivity index (χ1n) is 17.4. The van der Waals surface area contributed by atoms with E-state index in [0.717, 1.165) is 51.4 Å². The second-order valence-electron chi connectivity index (χ2n) is 12.8. The predicted octanol–water partition coefficient (Wildman–Crippen LogP) is 7.14. The second kappa shape index (κ2) is 22.1. The number of hydrogen-bond donors (Lipinski definition) is 3. The van der Waals surface area contributed by atoms with Crippen molar-refractivity contribution in [1.29, 1.82) is 0 Å². The van der Waals surface area contributed by atoms with Crippen molar-refractivity contribution in [1.82, 2.24) is 0 Å². The van der Waals surface area contributed by atoms with Crippen LogP contribution in [0.15, 0.2) is 0 Å². The van der Waals surface area contributed by atoms with E-state index in [-0.39, 0.29) is 12.8 Å². The van der Waals surface area contributed by atoms with Crippen molar-refractivity contribution >= 4 is 23.1 Å². The van der Waals surface area contributed by atoms with Crippen LogP contribution in [0.25, 0.3) is 0 Å². The molecule has 7 nitrogen and oxygen atoms in total. The molecule has 0 amide bonds. The summed E-state index contributed by atoms with van der Waals surface area (Å²) in [4.78, 5) is 53.1. The monoisotopic (exact) mass is 594 g/mol. The molecule has 0 radical (unpaired) electrons. The number of carbonyl (C=O) groups is 4. The highest BCUT2D eigenvalue weighted by atomic mass is 16.4. The predicted molar refractivity (Wildman–Crippen MR) is 167 cm³/mol. The Balaban J connectivity index is 2.60. The molecule has 0 bridgehead atoms. The van der Waals surface area contributed by atoms with Crippen molar-refractivity contribution in [3.8, 4) is 0 Å². The number of aliphatic hydroxyl groups excluding tert-OH is 2. The lowest BCUT2D eigenvalue weighted by Gasteiger charge is -2.42. The molecule has 1 rings (SSSR count).